The molecule has 4 nitrogen and oxygen atoms in total. The molecular formula is C13H10ClNO3. The number of carbonyl (C=O) groups excluding carboxylic acids is 2. The zero-order valence-corrected chi connectivity index (χ0v) is 10.4. The smallest absolute Gasteiger partial charge is 0.189 e. The number of benzene rings is 1. The third-order valence-electron chi connectivity index (χ3n) is 2.47. The molecule has 0 bridgehead atoms. The van der Waals surface area contributed by atoms with Gasteiger partial charge in [0.15, 0.2) is 5.78 Å². The Morgan fingerprint density at radius 2 is 2.22 bits per heavy atom. The van der Waals surface area contributed by atoms with Crippen LogP contribution in [0.2, 0.25) is 5.02 Å². The van der Waals surface area contributed by atoms with Crippen LogP contribution in [0.25, 0.3) is 0 Å². The van der Waals surface area contributed by atoms with Crippen molar-refractivity contribution < 1.29 is 14.1 Å². The summed E-state index contributed by atoms with van der Waals surface area (Å²) >= 11 is 5.98. The fraction of sp³-hybridized carbons (Fsp3) is 0.154. The summed E-state index contributed by atoms with van der Waals surface area (Å²) in [6.07, 6.45) is 0.803. The average molecular weight is 264 g/mol. The second-order valence-electron chi connectivity index (χ2n) is 3.89. The van der Waals surface area contributed by atoms with Crippen LogP contribution < -0.4 is 0 Å². The summed E-state index contributed by atoms with van der Waals surface area (Å²) in [6.45, 7) is 1.71. The molecule has 1 heterocycles. The summed E-state index contributed by atoms with van der Waals surface area (Å²) in [4.78, 5) is 22.6. The van der Waals surface area contributed by atoms with Gasteiger partial charge in [-0.3, -0.25) is 9.59 Å². The summed E-state index contributed by atoms with van der Waals surface area (Å²) < 4.78 is 4.84. The van der Waals surface area contributed by atoms with Crippen molar-refractivity contribution in [3.05, 3.63) is 51.9 Å². The lowest BCUT2D eigenvalue weighted by molar-refractivity contribution is 0.0983. The predicted octanol–water partition coefficient (Wildman–Crippen LogP) is 2.87. The summed E-state index contributed by atoms with van der Waals surface area (Å²) in [5.74, 6) is 0.378. The number of carbonyl (C=O) groups is 2. The number of nitrogens with zero attached hydrogens (tertiary/aromatic N) is 1. The van der Waals surface area contributed by atoms with Crippen LogP contribution in [0, 0.1) is 6.92 Å². The molecule has 2 rings (SSSR count). The number of halogens is 1. The fourth-order valence-corrected chi connectivity index (χ4v) is 1.75. The van der Waals surface area contributed by atoms with E-state index >= 15 is 0 Å². The van der Waals surface area contributed by atoms with Crippen molar-refractivity contribution in [1.82, 2.24) is 5.16 Å². The van der Waals surface area contributed by atoms with Crippen molar-refractivity contribution in [2.75, 3.05) is 0 Å². The first-order valence-corrected chi connectivity index (χ1v) is 5.68. The van der Waals surface area contributed by atoms with Gasteiger partial charge in [-0.1, -0.05) is 22.8 Å². The number of aryl methyl sites for hydroxylation is 1. The van der Waals surface area contributed by atoms with Crippen LogP contribution in [0.1, 0.15) is 32.2 Å². The highest BCUT2D eigenvalue weighted by molar-refractivity contribution is 6.31. The normalized spacial score (nSPS) is 10.3. The van der Waals surface area contributed by atoms with E-state index in [0.29, 0.717) is 28.2 Å². The van der Waals surface area contributed by atoms with Crippen molar-refractivity contribution in [1.29, 1.82) is 0 Å². The van der Waals surface area contributed by atoms with Crippen LogP contribution in [0.4, 0.5) is 0 Å². The standard InChI is InChI=1S/C13H10ClNO3/c1-8-4-12(15-18-8)13(17)6-10-5-9(7-16)2-3-11(10)14/h2-5,7H,6H2,1H3. The minimum atomic E-state index is -0.197. The van der Waals surface area contributed by atoms with Crippen molar-refractivity contribution in [3.63, 3.8) is 0 Å². The largest absolute Gasteiger partial charge is 0.361 e. The molecule has 0 aliphatic carbocycles. The average Bonchev–Trinajstić information content (AvgIpc) is 2.79. The van der Waals surface area contributed by atoms with Crippen molar-refractivity contribution in [3.8, 4) is 0 Å². The molecule has 0 saturated carbocycles. The van der Waals surface area contributed by atoms with Gasteiger partial charge in [-0.2, -0.15) is 0 Å². The van der Waals surface area contributed by atoms with E-state index in [1.165, 1.54) is 0 Å². The summed E-state index contributed by atoms with van der Waals surface area (Å²) in [6, 6.07) is 6.37. The molecule has 2 aromatic rings. The molecule has 0 spiro atoms. The number of aldehydes is 1. The highest BCUT2D eigenvalue weighted by atomic mass is 35.5. The van der Waals surface area contributed by atoms with E-state index < -0.39 is 0 Å². The first-order chi connectivity index (χ1) is 8.60. The third-order valence-corrected chi connectivity index (χ3v) is 2.84. The molecule has 0 aliphatic heterocycles. The fourth-order valence-electron chi connectivity index (χ4n) is 1.56. The number of ketones is 1. The van der Waals surface area contributed by atoms with Gasteiger partial charge in [0.05, 0.1) is 0 Å². The third kappa shape index (κ3) is 2.65. The maximum absolute atomic E-state index is 11.9. The van der Waals surface area contributed by atoms with Gasteiger partial charge < -0.3 is 4.52 Å². The van der Waals surface area contributed by atoms with E-state index in [-0.39, 0.29) is 17.9 Å². The van der Waals surface area contributed by atoms with Crippen molar-refractivity contribution in [2.45, 2.75) is 13.3 Å². The van der Waals surface area contributed by atoms with Crippen LogP contribution >= 0.6 is 11.6 Å². The summed E-state index contributed by atoms with van der Waals surface area (Å²) in [5, 5.41) is 4.10. The van der Waals surface area contributed by atoms with Gasteiger partial charge in [-0.25, -0.2) is 0 Å². The molecule has 1 aromatic heterocycles. The lowest BCUT2D eigenvalue weighted by atomic mass is 10.0. The Balaban J connectivity index is 2.23. The summed E-state index contributed by atoms with van der Waals surface area (Å²) in [5.41, 5.74) is 1.35. The molecule has 0 radical (unpaired) electrons. The molecule has 0 saturated heterocycles. The maximum Gasteiger partial charge on any atom is 0.189 e. The second-order valence-corrected chi connectivity index (χ2v) is 4.30. The SMILES string of the molecule is Cc1cc(C(=O)Cc2cc(C=O)ccc2Cl)no1. The molecule has 92 valence electrons. The zero-order valence-electron chi connectivity index (χ0n) is 9.64. The maximum atomic E-state index is 11.9. The molecule has 1 aromatic carbocycles. The van der Waals surface area contributed by atoms with Crippen LogP contribution in [0.15, 0.2) is 28.8 Å². The van der Waals surface area contributed by atoms with Crippen LogP contribution in [0.3, 0.4) is 0 Å². The topological polar surface area (TPSA) is 60.2 Å². The van der Waals surface area contributed by atoms with E-state index in [2.05, 4.69) is 5.16 Å². The van der Waals surface area contributed by atoms with Gasteiger partial charge in [0, 0.05) is 23.1 Å². The Morgan fingerprint density at radius 3 is 2.83 bits per heavy atom. The quantitative estimate of drug-likeness (QED) is 0.629. The Labute approximate surface area is 109 Å². The van der Waals surface area contributed by atoms with Crippen LogP contribution in [-0.4, -0.2) is 17.2 Å². The Kier molecular flexibility index (Phi) is 3.58. The first-order valence-electron chi connectivity index (χ1n) is 5.30. The monoisotopic (exact) mass is 263 g/mol. The van der Waals surface area contributed by atoms with E-state index in [4.69, 9.17) is 16.1 Å². The van der Waals surface area contributed by atoms with Gasteiger partial charge in [-0.05, 0) is 24.6 Å². The Morgan fingerprint density at radius 1 is 1.44 bits per heavy atom. The highest BCUT2D eigenvalue weighted by Crippen LogP contribution is 2.19. The molecule has 0 amide bonds. The predicted molar refractivity (Wildman–Crippen MR) is 66.1 cm³/mol. The van der Waals surface area contributed by atoms with E-state index in [9.17, 15) is 9.59 Å². The number of hydrogen-bond donors (Lipinski definition) is 0. The van der Waals surface area contributed by atoms with Crippen LogP contribution in [-0.2, 0) is 6.42 Å². The molecule has 0 atom stereocenters. The van der Waals surface area contributed by atoms with Gasteiger partial charge in [0.25, 0.3) is 0 Å². The number of rotatable bonds is 4. The number of hydrogen-bond acceptors (Lipinski definition) is 4. The van der Waals surface area contributed by atoms with Gasteiger partial charge in [0.2, 0.25) is 0 Å². The van der Waals surface area contributed by atoms with E-state index in [1.807, 2.05) is 0 Å². The summed E-state index contributed by atoms with van der Waals surface area (Å²) in [7, 11) is 0. The number of aromatic nitrogens is 1. The van der Waals surface area contributed by atoms with Crippen LogP contribution in [0.5, 0.6) is 0 Å². The van der Waals surface area contributed by atoms with E-state index in [1.54, 1.807) is 31.2 Å². The van der Waals surface area contributed by atoms with E-state index in [0.717, 1.165) is 0 Å². The number of Topliss-reactive ketones (excluding diaryl/α,β-unsaturated/α-hetero) is 1. The molecule has 0 fully saturated rings. The Bertz CT molecular complexity index is 604. The molecule has 5 heteroatoms. The van der Waals surface area contributed by atoms with Crippen molar-refractivity contribution in [2.24, 2.45) is 0 Å². The van der Waals surface area contributed by atoms with Gasteiger partial charge >= 0.3 is 0 Å². The van der Waals surface area contributed by atoms with Gasteiger partial charge in [0.1, 0.15) is 17.7 Å². The minimum absolute atomic E-state index is 0.0898. The molecule has 0 unspecified atom stereocenters. The minimum Gasteiger partial charge on any atom is -0.361 e. The molecule has 0 N–H and O–H groups in total. The van der Waals surface area contributed by atoms with Gasteiger partial charge in [-0.15, -0.1) is 0 Å². The molecular weight excluding hydrogens is 254 g/mol. The first kappa shape index (κ1) is 12.5. The molecule has 0 aliphatic rings. The second kappa shape index (κ2) is 5.14. The molecule has 18 heavy (non-hydrogen) atoms. The Hall–Kier alpha value is -1.94. The van der Waals surface area contributed by atoms with Crippen molar-refractivity contribution >= 4 is 23.7 Å². The zero-order chi connectivity index (χ0) is 13.1. The lowest BCUT2D eigenvalue weighted by Crippen LogP contribution is -2.04. The highest BCUT2D eigenvalue weighted by Gasteiger charge is 2.14. The lowest BCUT2D eigenvalue weighted by Gasteiger charge is -2.02.